The summed E-state index contributed by atoms with van der Waals surface area (Å²) in [6, 6.07) is 15.0. The molecule has 3 rings (SSSR count). The Morgan fingerprint density at radius 2 is 1.74 bits per heavy atom. The van der Waals surface area contributed by atoms with Crippen molar-refractivity contribution in [3.05, 3.63) is 63.6 Å². The average molecular weight is 317 g/mol. The second-order valence-corrected chi connectivity index (χ2v) is 6.03. The maximum absolute atomic E-state index is 6.11. The first-order valence-electron chi connectivity index (χ1n) is 6.52. The molecule has 19 heavy (non-hydrogen) atoms. The quantitative estimate of drug-likeness (QED) is 0.907. The Kier molecular flexibility index (Phi) is 3.33. The molecule has 0 radical (unpaired) electrons. The van der Waals surface area contributed by atoms with E-state index in [1.807, 2.05) is 6.92 Å². The number of hydrogen-bond donors (Lipinski definition) is 1. The first kappa shape index (κ1) is 12.7. The fraction of sp³-hybridized carbons (Fsp3) is 0.250. The molecule has 0 amide bonds. The van der Waals surface area contributed by atoms with Crippen LogP contribution in [-0.4, -0.2) is 0 Å². The van der Waals surface area contributed by atoms with Gasteiger partial charge in [-0.05, 0) is 41.8 Å². The van der Waals surface area contributed by atoms with Crippen LogP contribution in [0.4, 0.5) is 5.69 Å². The van der Waals surface area contributed by atoms with Crippen LogP contribution >= 0.6 is 15.9 Å². The van der Waals surface area contributed by atoms with Crippen LogP contribution in [0.25, 0.3) is 0 Å². The summed E-state index contributed by atoms with van der Waals surface area (Å²) in [5.74, 6) is 0. The summed E-state index contributed by atoms with van der Waals surface area (Å²) in [6.45, 7) is 3.98. The summed E-state index contributed by atoms with van der Waals surface area (Å²) >= 11 is 3.53. The normalized spacial score (nSPS) is 15.4. The molecule has 3 heteroatoms. The molecule has 0 aromatic heterocycles. The third-order valence-corrected chi connectivity index (χ3v) is 4.15. The SMILES string of the molecule is CC(N)c1cc(Br)ccc1N1Cc2ccccc2C1. The Morgan fingerprint density at radius 3 is 2.32 bits per heavy atom. The largest absolute Gasteiger partial charge is 0.363 e. The van der Waals surface area contributed by atoms with Crippen molar-refractivity contribution in [3.63, 3.8) is 0 Å². The lowest BCUT2D eigenvalue weighted by atomic mass is 10.1. The van der Waals surface area contributed by atoms with Crippen molar-refractivity contribution in [3.8, 4) is 0 Å². The fourth-order valence-corrected chi connectivity index (χ4v) is 3.06. The number of fused-ring (bicyclic) bond motifs is 1. The first-order chi connectivity index (χ1) is 9.15. The maximum Gasteiger partial charge on any atom is 0.0436 e. The summed E-state index contributed by atoms with van der Waals surface area (Å²) in [4.78, 5) is 2.40. The van der Waals surface area contributed by atoms with Gasteiger partial charge in [0.15, 0.2) is 0 Å². The standard InChI is InChI=1S/C16H17BrN2/c1-11(18)15-8-14(17)6-7-16(15)19-9-12-4-2-3-5-13(12)10-19/h2-8,11H,9-10,18H2,1H3. The predicted octanol–water partition coefficient (Wildman–Crippen LogP) is 3.99. The van der Waals surface area contributed by atoms with Gasteiger partial charge in [0.2, 0.25) is 0 Å². The van der Waals surface area contributed by atoms with E-state index in [-0.39, 0.29) is 6.04 Å². The molecule has 2 nitrogen and oxygen atoms in total. The van der Waals surface area contributed by atoms with Gasteiger partial charge in [-0.15, -0.1) is 0 Å². The van der Waals surface area contributed by atoms with Crippen molar-refractivity contribution in [2.45, 2.75) is 26.1 Å². The number of hydrogen-bond acceptors (Lipinski definition) is 2. The van der Waals surface area contributed by atoms with Crippen LogP contribution in [0.2, 0.25) is 0 Å². The Bertz CT molecular complexity index is 582. The first-order valence-corrected chi connectivity index (χ1v) is 7.31. The summed E-state index contributed by atoms with van der Waals surface area (Å²) < 4.78 is 1.08. The van der Waals surface area contributed by atoms with E-state index < -0.39 is 0 Å². The van der Waals surface area contributed by atoms with Gasteiger partial charge in [0, 0.05) is 29.3 Å². The number of anilines is 1. The van der Waals surface area contributed by atoms with E-state index in [0.717, 1.165) is 17.6 Å². The lowest BCUT2D eigenvalue weighted by molar-refractivity contribution is 0.790. The van der Waals surface area contributed by atoms with Crippen molar-refractivity contribution in [1.29, 1.82) is 0 Å². The minimum Gasteiger partial charge on any atom is -0.363 e. The molecule has 1 aliphatic rings. The summed E-state index contributed by atoms with van der Waals surface area (Å²) in [5.41, 5.74) is 11.4. The van der Waals surface area contributed by atoms with Gasteiger partial charge in [-0.2, -0.15) is 0 Å². The molecule has 0 fully saturated rings. The van der Waals surface area contributed by atoms with E-state index in [0.29, 0.717) is 0 Å². The molecule has 1 aliphatic heterocycles. The molecule has 2 aromatic carbocycles. The molecule has 0 saturated carbocycles. The molecule has 2 N–H and O–H groups in total. The second-order valence-electron chi connectivity index (χ2n) is 5.12. The second kappa shape index (κ2) is 4.99. The predicted molar refractivity (Wildman–Crippen MR) is 83.1 cm³/mol. The minimum atomic E-state index is 0.0382. The smallest absolute Gasteiger partial charge is 0.0436 e. The summed E-state index contributed by atoms with van der Waals surface area (Å²) in [7, 11) is 0. The molecule has 1 atom stereocenters. The molecule has 0 spiro atoms. The molecule has 1 unspecified atom stereocenters. The van der Waals surface area contributed by atoms with E-state index in [1.165, 1.54) is 22.4 Å². The van der Waals surface area contributed by atoms with Crippen LogP contribution in [0, 0.1) is 0 Å². The zero-order chi connectivity index (χ0) is 13.4. The van der Waals surface area contributed by atoms with Crippen LogP contribution in [0.5, 0.6) is 0 Å². The number of nitrogens with zero attached hydrogens (tertiary/aromatic N) is 1. The average Bonchev–Trinajstić information content (AvgIpc) is 2.82. The topological polar surface area (TPSA) is 29.3 Å². The lowest BCUT2D eigenvalue weighted by Crippen LogP contribution is -2.19. The van der Waals surface area contributed by atoms with E-state index in [4.69, 9.17) is 5.73 Å². The number of rotatable bonds is 2. The fourth-order valence-electron chi connectivity index (χ4n) is 2.68. The van der Waals surface area contributed by atoms with E-state index >= 15 is 0 Å². The van der Waals surface area contributed by atoms with E-state index in [9.17, 15) is 0 Å². The highest BCUT2D eigenvalue weighted by Crippen LogP contribution is 2.34. The van der Waals surface area contributed by atoms with Crippen LogP contribution in [-0.2, 0) is 13.1 Å². The van der Waals surface area contributed by atoms with E-state index in [1.54, 1.807) is 0 Å². The van der Waals surface area contributed by atoms with Crippen LogP contribution in [0.1, 0.15) is 29.7 Å². The highest BCUT2D eigenvalue weighted by Gasteiger charge is 2.21. The van der Waals surface area contributed by atoms with Crippen molar-refractivity contribution in [2.75, 3.05) is 4.90 Å². The molecular formula is C16H17BrN2. The van der Waals surface area contributed by atoms with Crippen molar-refractivity contribution >= 4 is 21.6 Å². The zero-order valence-electron chi connectivity index (χ0n) is 10.9. The van der Waals surface area contributed by atoms with Gasteiger partial charge in [0.05, 0.1) is 0 Å². The van der Waals surface area contributed by atoms with Crippen LogP contribution in [0.15, 0.2) is 46.9 Å². The van der Waals surface area contributed by atoms with Gasteiger partial charge in [-0.1, -0.05) is 40.2 Å². The summed E-state index contributed by atoms with van der Waals surface area (Å²) in [5, 5.41) is 0. The third-order valence-electron chi connectivity index (χ3n) is 3.66. The zero-order valence-corrected chi connectivity index (χ0v) is 12.5. The summed E-state index contributed by atoms with van der Waals surface area (Å²) in [6.07, 6.45) is 0. The Balaban J connectivity index is 1.97. The van der Waals surface area contributed by atoms with E-state index in [2.05, 4.69) is 63.3 Å². The van der Waals surface area contributed by atoms with Crippen molar-refractivity contribution < 1.29 is 0 Å². The van der Waals surface area contributed by atoms with Crippen LogP contribution in [0.3, 0.4) is 0 Å². The highest BCUT2D eigenvalue weighted by atomic mass is 79.9. The number of nitrogens with two attached hydrogens (primary N) is 1. The van der Waals surface area contributed by atoms with Gasteiger partial charge in [0.25, 0.3) is 0 Å². The molecular weight excluding hydrogens is 300 g/mol. The van der Waals surface area contributed by atoms with Crippen LogP contribution < -0.4 is 10.6 Å². The molecule has 1 heterocycles. The molecule has 0 aliphatic carbocycles. The number of benzene rings is 2. The molecule has 0 saturated heterocycles. The maximum atomic E-state index is 6.11. The van der Waals surface area contributed by atoms with Gasteiger partial charge >= 0.3 is 0 Å². The highest BCUT2D eigenvalue weighted by molar-refractivity contribution is 9.10. The number of halogens is 1. The van der Waals surface area contributed by atoms with Gasteiger partial charge < -0.3 is 10.6 Å². The third kappa shape index (κ3) is 2.40. The van der Waals surface area contributed by atoms with Gasteiger partial charge in [-0.25, -0.2) is 0 Å². The van der Waals surface area contributed by atoms with Crippen molar-refractivity contribution in [2.24, 2.45) is 5.73 Å². The Labute approximate surface area is 122 Å². The molecule has 0 bridgehead atoms. The molecule has 2 aromatic rings. The minimum absolute atomic E-state index is 0.0382. The molecule has 98 valence electrons. The monoisotopic (exact) mass is 316 g/mol. The Morgan fingerprint density at radius 1 is 1.11 bits per heavy atom. The lowest BCUT2D eigenvalue weighted by Gasteiger charge is -2.23. The van der Waals surface area contributed by atoms with Gasteiger partial charge in [0.1, 0.15) is 0 Å². The van der Waals surface area contributed by atoms with Crippen molar-refractivity contribution in [1.82, 2.24) is 0 Å². The van der Waals surface area contributed by atoms with Gasteiger partial charge in [-0.3, -0.25) is 0 Å². The Hall–Kier alpha value is -1.32.